The van der Waals surface area contributed by atoms with E-state index in [0.717, 1.165) is 42.5 Å². The Hall–Kier alpha value is -1.05. The van der Waals surface area contributed by atoms with Crippen molar-refractivity contribution >= 4 is 30.3 Å². The Balaban J connectivity index is 0.00000288. The van der Waals surface area contributed by atoms with Gasteiger partial charge < -0.3 is 10.9 Å². The molecule has 0 saturated heterocycles. The van der Waals surface area contributed by atoms with E-state index < -0.39 is 11.0 Å². The third-order valence-corrected chi connectivity index (χ3v) is 6.06. The smallest absolute Gasteiger partial charge is 0.170 e. The molecule has 7 heteroatoms. The van der Waals surface area contributed by atoms with Gasteiger partial charge in [-0.2, -0.15) is 13.5 Å². The van der Waals surface area contributed by atoms with Crippen LogP contribution in [0.2, 0.25) is 0 Å². The maximum atomic E-state index is 13.0. The summed E-state index contributed by atoms with van der Waals surface area (Å²) < 4.78 is 14.8. The van der Waals surface area contributed by atoms with Gasteiger partial charge in [0.15, 0.2) is 5.84 Å². The first-order valence-electron chi connectivity index (χ1n) is 8.09. The van der Waals surface area contributed by atoms with E-state index in [1.807, 2.05) is 32.9 Å². The van der Waals surface area contributed by atoms with Crippen molar-refractivity contribution in [2.45, 2.75) is 65.2 Å². The summed E-state index contributed by atoms with van der Waals surface area (Å²) in [5, 5.41) is 12.1. The zero-order valence-corrected chi connectivity index (χ0v) is 16.7. The highest BCUT2D eigenvalue weighted by Gasteiger charge is 2.36. The second-order valence-electron chi connectivity index (χ2n) is 6.92. The lowest BCUT2D eigenvalue weighted by Gasteiger charge is -2.33. The van der Waals surface area contributed by atoms with E-state index in [9.17, 15) is 4.21 Å². The van der Waals surface area contributed by atoms with Crippen LogP contribution in [0, 0.1) is 0 Å². The SMILES string of the molecule is C.CCCN([C@H]1CCc2c(C(N)=NO)cccc21)[S@@](=O)C(C)(C)C.S. The van der Waals surface area contributed by atoms with Crippen molar-refractivity contribution in [2.75, 3.05) is 6.54 Å². The lowest BCUT2D eigenvalue weighted by Crippen LogP contribution is -2.39. The number of oxime groups is 1. The van der Waals surface area contributed by atoms with Gasteiger partial charge in [-0.3, -0.25) is 0 Å². The number of nitrogens with two attached hydrogens (primary N) is 1. The third kappa shape index (κ3) is 4.99. The number of hydrogen-bond acceptors (Lipinski definition) is 3. The summed E-state index contributed by atoms with van der Waals surface area (Å²) in [5.74, 6) is 0.140. The molecular formula is C18H33N3O2S2. The normalized spacial score (nSPS) is 18.3. The van der Waals surface area contributed by atoms with E-state index >= 15 is 0 Å². The largest absolute Gasteiger partial charge is 0.409 e. The number of rotatable bonds is 5. The number of benzene rings is 1. The van der Waals surface area contributed by atoms with Gasteiger partial charge in [0.05, 0.1) is 4.75 Å². The molecule has 0 fully saturated rings. The second-order valence-corrected chi connectivity index (χ2v) is 9.11. The molecule has 1 aliphatic rings. The molecule has 0 radical (unpaired) electrons. The minimum Gasteiger partial charge on any atom is -0.409 e. The summed E-state index contributed by atoms with van der Waals surface area (Å²) in [6, 6.07) is 6.00. The lowest BCUT2D eigenvalue weighted by molar-refractivity contribution is 0.318. The molecule has 2 atom stereocenters. The van der Waals surface area contributed by atoms with Gasteiger partial charge in [0, 0.05) is 18.2 Å². The average Bonchev–Trinajstić information content (AvgIpc) is 2.94. The fourth-order valence-electron chi connectivity index (χ4n) is 3.15. The molecule has 0 aromatic heterocycles. The molecule has 0 aliphatic heterocycles. The minimum atomic E-state index is -1.07. The van der Waals surface area contributed by atoms with Crippen LogP contribution >= 0.6 is 13.5 Å². The highest BCUT2D eigenvalue weighted by Crippen LogP contribution is 2.39. The van der Waals surface area contributed by atoms with Crippen molar-refractivity contribution in [3.05, 3.63) is 34.9 Å². The summed E-state index contributed by atoms with van der Waals surface area (Å²) in [7, 11) is -1.07. The van der Waals surface area contributed by atoms with E-state index in [2.05, 4.69) is 22.5 Å². The Morgan fingerprint density at radius 1 is 1.44 bits per heavy atom. The van der Waals surface area contributed by atoms with Crippen LogP contribution in [-0.2, 0) is 17.4 Å². The molecule has 1 aromatic rings. The highest BCUT2D eigenvalue weighted by atomic mass is 32.2. The van der Waals surface area contributed by atoms with Crippen molar-refractivity contribution < 1.29 is 9.42 Å². The summed E-state index contributed by atoms with van der Waals surface area (Å²) in [6.45, 7) is 8.93. The van der Waals surface area contributed by atoms with Crippen molar-refractivity contribution in [3.8, 4) is 0 Å². The molecule has 25 heavy (non-hydrogen) atoms. The van der Waals surface area contributed by atoms with Gasteiger partial charge in [-0.05, 0) is 51.2 Å². The van der Waals surface area contributed by atoms with Crippen LogP contribution in [0.25, 0.3) is 0 Å². The maximum Gasteiger partial charge on any atom is 0.170 e. The number of hydrogen-bond donors (Lipinski definition) is 2. The summed E-state index contributed by atoms with van der Waals surface area (Å²) in [6.07, 6.45) is 2.72. The van der Waals surface area contributed by atoms with Crippen molar-refractivity contribution in [3.63, 3.8) is 0 Å². The van der Waals surface area contributed by atoms with Crippen LogP contribution in [0.15, 0.2) is 23.4 Å². The van der Waals surface area contributed by atoms with E-state index in [4.69, 9.17) is 10.9 Å². The van der Waals surface area contributed by atoms with E-state index in [-0.39, 0.29) is 37.5 Å². The predicted molar refractivity (Wildman–Crippen MR) is 112 cm³/mol. The van der Waals surface area contributed by atoms with Crippen LogP contribution in [-0.4, -0.2) is 30.8 Å². The predicted octanol–water partition coefficient (Wildman–Crippen LogP) is 3.69. The van der Waals surface area contributed by atoms with Crippen molar-refractivity contribution in [1.29, 1.82) is 0 Å². The highest BCUT2D eigenvalue weighted by molar-refractivity contribution is 7.84. The molecule has 5 nitrogen and oxygen atoms in total. The Labute approximate surface area is 161 Å². The molecular weight excluding hydrogens is 354 g/mol. The molecule has 0 spiro atoms. The summed E-state index contributed by atoms with van der Waals surface area (Å²) in [4.78, 5) is 0. The molecule has 144 valence electrons. The molecule has 1 aromatic carbocycles. The van der Waals surface area contributed by atoms with E-state index in [1.165, 1.54) is 0 Å². The number of amidine groups is 1. The van der Waals surface area contributed by atoms with Gasteiger partial charge in [-0.1, -0.05) is 37.7 Å². The van der Waals surface area contributed by atoms with E-state index in [0.29, 0.717) is 0 Å². The monoisotopic (exact) mass is 387 g/mol. The molecule has 0 amide bonds. The van der Waals surface area contributed by atoms with Gasteiger partial charge >= 0.3 is 0 Å². The van der Waals surface area contributed by atoms with Gasteiger partial charge in [-0.15, -0.1) is 0 Å². The maximum absolute atomic E-state index is 13.0. The Bertz CT molecular complexity index is 627. The molecule has 0 unspecified atom stereocenters. The fraction of sp³-hybridized carbons (Fsp3) is 0.611. The third-order valence-electron chi connectivity index (χ3n) is 4.15. The Morgan fingerprint density at radius 2 is 2.08 bits per heavy atom. The first kappa shape index (κ1) is 23.9. The van der Waals surface area contributed by atoms with Gasteiger partial charge in [-0.25, -0.2) is 8.51 Å². The van der Waals surface area contributed by atoms with Crippen molar-refractivity contribution in [2.24, 2.45) is 10.9 Å². The molecule has 0 bridgehead atoms. The summed E-state index contributed by atoms with van der Waals surface area (Å²) in [5.41, 5.74) is 8.85. The van der Waals surface area contributed by atoms with Gasteiger partial charge in [0.25, 0.3) is 0 Å². The van der Waals surface area contributed by atoms with Crippen LogP contribution in [0.3, 0.4) is 0 Å². The average molecular weight is 388 g/mol. The van der Waals surface area contributed by atoms with Crippen LogP contribution in [0.4, 0.5) is 0 Å². The first-order chi connectivity index (χ1) is 10.8. The van der Waals surface area contributed by atoms with Crippen molar-refractivity contribution in [1.82, 2.24) is 4.31 Å². The second kappa shape index (κ2) is 9.59. The Morgan fingerprint density at radius 3 is 2.60 bits per heavy atom. The fourth-order valence-corrected chi connectivity index (χ4v) is 4.65. The zero-order chi connectivity index (χ0) is 17.2. The number of nitrogens with zero attached hydrogens (tertiary/aromatic N) is 2. The molecule has 0 saturated carbocycles. The zero-order valence-electron chi connectivity index (χ0n) is 14.9. The summed E-state index contributed by atoms with van der Waals surface area (Å²) >= 11 is 0. The minimum absolute atomic E-state index is 0. The van der Waals surface area contributed by atoms with Gasteiger partial charge in [0.1, 0.15) is 11.0 Å². The number of fused-ring (bicyclic) bond motifs is 1. The van der Waals surface area contributed by atoms with Crippen LogP contribution < -0.4 is 5.73 Å². The first-order valence-corrected chi connectivity index (χ1v) is 9.20. The quantitative estimate of drug-likeness (QED) is 0.350. The van der Waals surface area contributed by atoms with Crippen LogP contribution in [0.5, 0.6) is 0 Å². The van der Waals surface area contributed by atoms with Crippen LogP contribution in [0.1, 0.15) is 70.7 Å². The lowest BCUT2D eigenvalue weighted by atomic mass is 10.0. The molecule has 2 rings (SSSR count). The standard InChI is InChI=1S/C17H27N3O2S.CH4.H2S/c1-5-11-20(23(22)17(2,3)4)15-10-9-12-13(15)7-6-8-14(12)16(18)19-21;;/h6-8,15,21H,5,9-11H2,1-4H3,(H2,18,19);1H4;1H2/t15-,23-;;/m0../s1. The molecule has 0 heterocycles. The van der Waals surface area contributed by atoms with E-state index in [1.54, 1.807) is 0 Å². The molecule has 1 aliphatic carbocycles. The Kier molecular flexibility index (Phi) is 9.19. The topological polar surface area (TPSA) is 78.9 Å². The molecule has 3 N–H and O–H groups in total. The van der Waals surface area contributed by atoms with Gasteiger partial charge in [0.2, 0.25) is 0 Å².